The SMILES string of the molecule is Cc1c(C(=O)N2CCC(c3cc(C(=O)N4CCC[C@@H](C)C4)on3)CC2)oc2ccccc12. The number of nitrogens with zero attached hydrogens (tertiary/aromatic N) is 3. The lowest BCUT2D eigenvalue weighted by Crippen LogP contribution is -2.39. The molecule has 2 aromatic heterocycles. The van der Waals surface area contributed by atoms with Crippen molar-refractivity contribution in [1.82, 2.24) is 15.0 Å². The van der Waals surface area contributed by atoms with Crippen molar-refractivity contribution in [1.29, 1.82) is 0 Å². The maximum atomic E-state index is 13.1. The number of carbonyl (C=O) groups is 2. The number of fused-ring (bicyclic) bond motifs is 1. The Balaban J connectivity index is 1.23. The molecule has 1 aromatic carbocycles. The molecule has 2 amide bonds. The first-order chi connectivity index (χ1) is 15.5. The summed E-state index contributed by atoms with van der Waals surface area (Å²) < 4.78 is 11.3. The molecular formula is C25H29N3O4. The maximum absolute atomic E-state index is 13.1. The van der Waals surface area contributed by atoms with Crippen LogP contribution in [-0.2, 0) is 0 Å². The second-order valence-corrected chi connectivity index (χ2v) is 9.23. The number of likely N-dealkylation sites (tertiary alicyclic amines) is 2. The van der Waals surface area contributed by atoms with Gasteiger partial charge in [0.1, 0.15) is 5.58 Å². The van der Waals surface area contributed by atoms with E-state index >= 15 is 0 Å². The number of hydrogen-bond acceptors (Lipinski definition) is 5. The Bertz CT molecular complexity index is 1140. The Hall–Kier alpha value is -3.09. The molecule has 7 nitrogen and oxygen atoms in total. The van der Waals surface area contributed by atoms with Gasteiger partial charge in [0, 0.05) is 49.1 Å². The highest BCUT2D eigenvalue weighted by atomic mass is 16.5. The largest absolute Gasteiger partial charge is 0.451 e. The minimum absolute atomic E-state index is 0.0626. The number of benzene rings is 1. The van der Waals surface area contributed by atoms with E-state index in [0.29, 0.717) is 30.5 Å². The van der Waals surface area contributed by atoms with Gasteiger partial charge in [-0.3, -0.25) is 9.59 Å². The fraction of sp³-hybridized carbons (Fsp3) is 0.480. The molecule has 0 spiro atoms. The van der Waals surface area contributed by atoms with Gasteiger partial charge in [-0.2, -0.15) is 0 Å². The molecule has 0 saturated carbocycles. The van der Waals surface area contributed by atoms with E-state index in [2.05, 4.69) is 12.1 Å². The summed E-state index contributed by atoms with van der Waals surface area (Å²) >= 11 is 0. The average Bonchev–Trinajstić information content (AvgIpc) is 3.44. The van der Waals surface area contributed by atoms with Gasteiger partial charge in [0.05, 0.1) is 5.69 Å². The second kappa shape index (κ2) is 8.45. The van der Waals surface area contributed by atoms with Crippen molar-refractivity contribution < 1.29 is 18.5 Å². The number of aryl methyl sites for hydroxylation is 1. The van der Waals surface area contributed by atoms with Crippen molar-refractivity contribution >= 4 is 22.8 Å². The van der Waals surface area contributed by atoms with Crippen molar-refractivity contribution in [3.63, 3.8) is 0 Å². The molecule has 0 aliphatic carbocycles. The maximum Gasteiger partial charge on any atom is 0.292 e. The number of aromatic nitrogens is 1. The number of carbonyl (C=O) groups excluding carboxylic acids is 2. The summed E-state index contributed by atoms with van der Waals surface area (Å²) in [6, 6.07) is 9.53. The van der Waals surface area contributed by atoms with Crippen LogP contribution in [0.5, 0.6) is 0 Å². The van der Waals surface area contributed by atoms with Crippen molar-refractivity contribution in [3.8, 4) is 0 Å². The highest BCUT2D eigenvalue weighted by molar-refractivity contribution is 5.99. The van der Waals surface area contributed by atoms with Crippen LogP contribution in [0.4, 0.5) is 0 Å². The molecule has 2 saturated heterocycles. The molecule has 4 heterocycles. The summed E-state index contributed by atoms with van der Waals surface area (Å²) in [6.07, 6.45) is 3.76. The zero-order valence-electron chi connectivity index (χ0n) is 18.7. The van der Waals surface area contributed by atoms with E-state index < -0.39 is 0 Å². The van der Waals surface area contributed by atoms with Crippen LogP contribution in [0.25, 0.3) is 11.0 Å². The average molecular weight is 436 g/mol. The Kier molecular flexibility index (Phi) is 5.49. The van der Waals surface area contributed by atoms with E-state index in [1.54, 1.807) is 6.07 Å². The predicted molar refractivity (Wildman–Crippen MR) is 120 cm³/mol. The molecule has 1 atom stereocenters. The molecule has 2 aliphatic rings. The van der Waals surface area contributed by atoms with Gasteiger partial charge < -0.3 is 18.7 Å². The van der Waals surface area contributed by atoms with Gasteiger partial charge in [0.15, 0.2) is 5.76 Å². The van der Waals surface area contributed by atoms with Crippen LogP contribution >= 0.6 is 0 Å². The molecular weight excluding hydrogens is 406 g/mol. The highest BCUT2D eigenvalue weighted by Crippen LogP contribution is 2.31. The van der Waals surface area contributed by atoms with Crippen LogP contribution in [-0.4, -0.2) is 52.9 Å². The Labute approximate surface area is 187 Å². The van der Waals surface area contributed by atoms with E-state index in [4.69, 9.17) is 8.94 Å². The third-order valence-electron chi connectivity index (χ3n) is 6.92. The molecule has 0 unspecified atom stereocenters. The normalized spacial score (nSPS) is 20.1. The minimum Gasteiger partial charge on any atom is -0.451 e. The van der Waals surface area contributed by atoms with Gasteiger partial charge in [-0.25, -0.2) is 0 Å². The van der Waals surface area contributed by atoms with Gasteiger partial charge in [-0.05, 0) is 44.6 Å². The summed E-state index contributed by atoms with van der Waals surface area (Å²) in [6.45, 7) is 6.91. The van der Waals surface area contributed by atoms with Crippen LogP contribution in [0.15, 0.2) is 39.3 Å². The Morgan fingerprint density at radius 2 is 1.81 bits per heavy atom. The van der Waals surface area contributed by atoms with E-state index in [9.17, 15) is 9.59 Å². The summed E-state index contributed by atoms with van der Waals surface area (Å²) in [5.41, 5.74) is 2.44. The number of hydrogen-bond donors (Lipinski definition) is 0. The quantitative estimate of drug-likeness (QED) is 0.600. The van der Waals surface area contributed by atoms with Crippen LogP contribution in [0.3, 0.4) is 0 Å². The third-order valence-corrected chi connectivity index (χ3v) is 6.92. The van der Waals surface area contributed by atoms with Crippen molar-refractivity contribution in [3.05, 3.63) is 53.1 Å². The van der Waals surface area contributed by atoms with Gasteiger partial charge in [-0.1, -0.05) is 30.3 Å². The monoisotopic (exact) mass is 435 g/mol. The van der Waals surface area contributed by atoms with Gasteiger partial charge in [0.2, 0.25) is 5.76 Å². The zero-order chi connectivity index (χ0) is 22.2. The Morgan fingerprint density at radius 1 is 1.03 bits per heavy atom. The van der Waals surface area contributed by atoms with E-state index in [0.717, 1.165) is 61.0 Å². The lowest BCUT2D eigenvalue weighted by molar-refractivity contribution is 0.0638. The van der Waals surface area contributed by atoms with Crippen LogP contribution in [0, 0.1) is 12.8 Å². The molecule has 2 aliphatic heterocycles. The number of rotatable bonds is 3. The molecule has 3 aromatic rings. The smallest absolute Gasteiger partial charge is 0.292 e. The lowest BCUT2D eigenvalue weighted by Gasteiger charge is -2.30. The van der Waals surface area contributed by atoms with Gasteiger partial charge >= 0.3 is 0 Å². The first-order valence-corrected chi connectivity index (χ1v) is 11.5. The van der Waals surface area contributed by atoms with Crippen LogP contribution in [0.1, 0.15) is 70.9 Å². The van der Waals surface area contributed by atoms with Crippen LogP contribution in [0.2, 0.25) is 0 Å². The minimum atomic E-state index is -0.0664. The standard InChI is InChI=1S/C25H29N3O4/c1-16-6-5-11-28(15-16)24(29)22-14-20(26-32-22)18-9-12-27(13-10-18)25(30)23-17(2)19-7-3-4-8-21(19)31-23/h3-4,7-8,14,16,18H,5-6,9-13,15H2,1-2H3/t16-/m1/s1. The lowest BCUT2D eigenvalue weighted by atomic mass is 9.93. The molecule has 2 fully saturated rings. The highest BCUT2D eigenvalue weighted by Gasteiger charge is 2.31. The van der Waals surface area contributed by atoms with Gasteiger partial charge in [0.25, 0.3) is 11.8 Å². The molecule has 0 radical (unpaired) electrons. The molecule has 0 N–H and O–H groups in total. The Morgan fingerprint density at radius 3 is 2.56 bits per heavy atom. The number of piperidine rings is 2. The number of furan rings is 1. The fourth-order valence-electron chi connectivity index (χ4n) is 5.01. The van der Waals surface area contributed by atoms with E-state index in [1.807, 2.05) is 41.0 Å². The van der Waals surface area contributed by atoms with Gasteiger partial charge in [-0.15, -0.1) is 0 Å². The summed E-state index contributed by atoms with van der Waals surface area (Å²) in [5, 5.41) is 5.18. The molecule has 168 valence electrons. The fourth-order valence-corrected chi connectivity index (χ4v) is 5.01. The molecule has 32 heavy (non-hydrogen) atoms. The second-order valence-electron chi connectivity index (χ2n) is 9.23. The molecule has 5 rings (SSSR count). The van der Waals surface area contributed by atoms with Crippen molar-refractivity contribution in [2.24, 2.45) is 5.92 Å². The van der Waals surface area contributed by atoms with Crippen molar-refractivity contribution in [2.75, 3.05) is 26.2 Å². The van der Waals surface area contributed by atoms with E-state index in [1.165, 1.54) is 0 Å². The number of amides is 2. The predicted octanol–water partition coefficient (Wildman–Crippen LogP) is 4.62. The first kappa shape index (κ1) is 20.8. The van der Waals surface area contributed by atoms with Crippen molar-refractivity contribution in [2.45, 2.75) is 45.4 Å². The topological polar surface area (TPSA) is 79.8 Å². The first-order valence-electron chi connectivity index (χ1n) is 11.5. The molecule has 7 heteroatoms. The van der Waals surface area contributed by atoms with E-state index in [-0.39, 0.29) is 17.7 Å². The third kappa shape index (κ3) is 3.80. The summed E-state index contributed by atoms with van der Waals surface area (Å²) in [4.78, 5) is 29.6. The number of para-hydroxylation sites is 1. The zero-order valence-corrected chi connectivity index (χ0v) is 18.7. The summed E-state index contributed by atoms with van der Waals surface area (Å²) in [7, 11) is 0. The van der Waals surface area contributed by atoms with Crippen LogP contribution < -0.4 is 0 Å². The molecule has 0 bridgehead atoms. The summed E-state index contributed by atoms with van der Waals surface area (Å²) in [5.74, 6) is 1.32.